The van der Waals surface area contributed by atoms with E-state index in [-0.39, 0.29) is 17.5 Å². The number of hydrogen-bond acceptors (Lipinski definition) is 5. The quantitative estimate of drug-likeness (QED) is 0.341. The molecule has 2 aromatic carbocycles. The van der Waals surface area contributed by atoms with E-state index in [2.05, 4.69) is 10.5 Å². The molecule has 0 saturated heterocycles. The second kappa shape index (κ2) is 9.74. The van der Waals surface area contributed by atoms with Gasteiger partial charge >= 0.3 is 6.18 Å². The Labute approximate surface area is 220 Å². The molecule has 38 heavy (non-hydrogen) atoms. The van der Waals surface area contributed by atoms with Crippen molar-refractivity contribution in [3.8, 4) is 0 Å². The molecule has 2 heterocycles. The number of halogens is 4. The Morgan fingerprint density at radius 1 is 1.13 bits per heavy atom. The minimum Gasteiger partial charge on any atom is -0.360 e. The van der Waals surface area contributed by atoms with Crippen molar-refractivity contribution in [1.82, 2.24) is 15.0 Å². The van der Waals surface area contributed by atoms with Crippen LogP contribution in [0.4, 0.5) is 13.2 Å². The molecule has 2 aromatic heterocycles. The fourth-order valence-corrected chi connectivity index (χ4v) is 5.83. The maximum Gasteiger partial charge on any atom is 0.430 e. The minimum absolute atomic E-state index is 0.246. The van der Waals surface area contributed by atoms with Crippen molar-refractivity contribution in [2.75, 3.05) is 7.11 Å². The van der Waals surface area contributed by atoms with Gasteiger partial charge < -0.3 is 19.1 Å². The van der Waals surface area contributed by atoms with Crippen LogP contribution in [0.2, 0.25) is 5.02 Å². The molecule has 3 atom stereocenters. The molecule has 3 unspecified atom stereocenters. The lowest BCUT2D eigenvalue weighted by molar-refractivity contribution is -0.266. The van der Waals surface area contributed by atoms with Crippen molar-refractivity contribution >= 4 is 39.3 Å². The Morgan fingerprint density at radius 2 is 1.87 bits per heavy atom. The predicted molar refractivity (Wildman–Crippen MR) is 136 cm³/mol. The average molecular weight is 548 g/mol. The van der Waals surface area contributed by atoms with Crippen molar-refractivity contribution in [2.45, 2.75) is 56.5 Å². The molecule has 1 fully saturated rings. The van der Waals surface area contributed by atoms with E-state index in [9.17, 15) is 22.8 Å². The Hall–Kier alpha value is -3.37. The number of rotatable bonds is 5. The van der Waals surface area contributed by atoms with Gasteiger partial charge in [-0.3, -0.25) is 9.59 Å². The van der Waals surface area contributed by atoms with Gasteiger partial charge in [0, 0.05) is 30.1 Å². The average Bonchev–Trinajstić information content (AvgIpc) is 3.26. The summed E-state index contributed by atoms with van der Waals surface area (Å²) in [5.74, 6) is -0.950. The molecule has 1 saturated carbocycles. The van der Waals surface area contributed by atoms with Crippen LogP contribution in [-0.2, 0) is 15.1 Å². The Bertz CT molecular complexity index is 1570. The first-order valence-electron chi connectivity index (χ1n) is 12.2. The fraction of sp³-hybridized carbons (Fsp3) is 0.370. The number of amides is 1. The van der Waals surface area contributed by atoms with E-state index < -0.39 is 29.8 Å². The van der Waals surface area contributed by atoms with Crippen molar-refractivity contribution in [3.63, 3.8) is 0 Å². The zero-order valence-corrected chi connectivity index (χ0v) is 21.4. The van der Waals surface area contributed by atoms with Gasteiger partial charge in [0.2, 0.25) is 0 Å². The Kier molecular flexibility index (Phi) is 6.73. The number of benzene rings is 2. The molecule has 0 aliphatic heterocycles. The smallest absolute Gasteiger partial charge is 0.360 e. The lowest BCUT2D eigenvalue weighted by Crippen LogP contribution is -2.58. The molecule has 0 radical (unpaired) electrons. The first kappa shape index (κ1) is 26.2. The van der Waals surface area contributed by atoms with Crippen LogP contribution in [-0.4, -0.2) is 35.0 Å². The van der Waals surface area contributed by atoms with Crippen LogP contribution in [0.1, 0.15) is 43.0 Å². The molecule has 1 aliphatic carbocycles. The molecule has 0 spiro atoms. The third-order valence-corrected chi connectivity index (χ3v) is 7.65. The standard InChI is InChI=1S/C27H25ClF3N3O4/c1-15-21-23(33-38-15)22-19(28)12-7-13-20(22)34(24(21)35)18-11-6-10-17(14-18)32-25(36)26(37-2,27(29,30)31)16-8-4-3-5-9-16/h3-5,7-9,12-13,17-18H,6,10-11,14H2,1-2H3,(H,32,36). The SMILES string of the molecule is COC(C(=O)NC1CCCC(n2c(=O)c3c(C)onc3c3c(Cl)cccc32)C1)(c1ccccc1)C(F)(F)F. The summed E-state index contributed by atoms with van der Waals surface area (Å²) in [7, 11) is 0.871. The van der Waals surface area contributed by atoms with Crippen molar-refractivity contribution in [2.24, 2.45) is 0 Å². The van der Waals surface area contributed by atoms with E-state index in [0.29, 0.717) is 51.9 Å². The number of aryl methyl sites for hydroxylation is 1. The van der Waals surface area contributed by atoms with Gasteiger partial charge in [0.1, 0.15) is 16.7 Å². The maximum atomic E-state index is 14.4. The number of alkyl halides is 3. The van der Waals surface area contributed by atoms with Crippen LogP contribution < -0.4 is 10.9 Å². The number of carbonyl (C=O) groups is 1. The van der Waals surface area contributed by atoms with E-state index in [1.165, 1.54) is 24.3 Å². The van der Waals surface area contributed by atoms with Gasteiger partial charge in [0.05, 0.1) is 10.5 Å². The summed E-state index contributed by atoms with van der Waals surface area (Å²) in [5, 5.41) is 7.89. The van der Waals surface area contributed by atoms with Gasteiger partial charge in [-0.05, 0) is 44.7 Å². The monoisotopic (exact) mass is 547 g/mol. The van der Waals surface area contributed by atoms with Gasteiger partial charge in [-0.25, -0.2) is 0 Å². The molecule has 4 aromatic rings. The number of hydrogen-bond donors (Lipinski definition) is 1. The van der Waals surface area contributed by atoms with E-state index in [0.717, 1.165) is 7.11 Å². The van der Waals surface area contributed by atoms with Crippen LogP contribution in [0.3, 0.4) is 0 Å². The van der Waals surface area contributed by atoms with Crippen molar-refractivity contribution in [3.05, 3.63) is 75.2 Å². The summed E-state index contributed by atoms with van der Waals surface area (Å²) >= 11 is 6.50. The molecule has 5 rings (SSSR count). The number of carbonyl (C=O) groups excluding carboxylic acids is 1. The van der Waals surface area contributed by atoms with E-state index in [4.69, 9.17) is 20.9 Å². The number of pyridine rings is 1. The molecule has 1 amide bonds. The normalized spacial score (nSPS) is 19.9. The molecule has 1 N–H and O–H groups in total. The molecule has 1 aliphatic rings. The summed E-state index contributed by atoms with van der Waals surface area (Å²) in [5.41, 5.74) is -2.90. The van der Waals surface area contributed by atoms with Crippen LogP contribution in [0, 0.1) is 6.92 Å². The largest absolute Gasteiger partial charge is 0.430 e. The highest BCUT2D eigenvalue weighted by molar-refractivity contribution is 6.37. The second-order valence-corrected chi connectivity index (χ2v) is 9.92. The van der Waals surface area contributed by atoms with Gasteiger partial charge in [-0.2, -0.15) is 13.2 Å². The zero-order chi connectivity index (χ0) is 27.2. The first-order valence-corrected chi connectivity index (χ1v) is 12.5. The summed E-state index contributed by atoms with van der Waals surface area (Å²) in [6.07, 6.45) is -3.13. The zero-order valence-electron chi connectivity index (χ0n) is 20.6. The van der Waals surface area contributed by atoms with Crippen LogP contribution in [0.15, 0.2) is 57.8 Å². The molecular weight excluding hydrogens is 523 g/mol. The maximum absolute atomic E-state index is 14.4. The second-order valence-electron chi connectivity index (χ2n) is 9.51. The van der Waals surface area contributed by atoms with Gasteiger partial charge in [-0.15, -0.1) is 0 Å². The van der Waals surface area contributed by atoms with Crippen LogP contribution in [0.25, 0.3) is 21.8 Å². The topological polar surface area (TPSA) is 86.4 Å². The Morgan fingerprint density at radius 3 is 2.55 bits per heavy atom. The van der Waals surface area contributed by atoms with Crippen molar-refractivity contribution < 1.29 is 27.2 Å². The number of nitrogens with zero attached hydrogens (tertiary/aromatic N) is 2. The third-order valence-electron chi connectivity index (χ3n) is 7.34. The van der Waals surface area contributed by atoms with Gasteiger partial charge in [0.25, 0.3) is 17.1 Å². The molecule has 200 valence electrons. The lowest BCUT2D eigenvalue weighted by Gasteiger charge is -2.37. The van der Waals surface area contributed by atoms with Gasteiger partial charge in [-0.1, -0.05) is 53.2 Å². The molecule has 7 nitrogen and oxygen atoms in total. The highest BCUT2D eigenvalue weighted by Crippen LogP contribution is 2.43. The predicted octanol–water partition coefficient (Wildman–Crippen LogP) is 5.81. The Balaban J connectivity index is 1.53. The first-order chi connectivity index (χ1) is 18.1. The molecule has 11 heteroatoms. The molecular formula is C27H25ClF3N3O4. The molecule has 0 bridgehead atoms. The number of methoxy groups -OCH3 is 1. The van der Waals surface area contributed by atoms with Crippen LogP contribution in [0.5, 0.6) is 0 Å². The minimum atomic E-state index is -5.01. The van der Waals surface area contributed by atoms with E-state index in [1.54, 1.807) is 35.8 Å². The number of ether oxygens (including phenoxy) is 1. The lowest BCUT2D eigenvalue weighted by atomic mass is 9.87. The summed E-state index contributed by atoms with van der Waals surface area (Å²) in [6.45, 7) is 1.64. The van der Waals surface area contributed by atoms with Crippen molar-refractivity contribution in [1.29, 1.82) is 0 Å². The fourth-order valence-electron chi connectivity index (χ4n) is 5.57. The summed E-state index contributed by atoms with van der Waals surface area (Å²) in [4.78, 5) is 27.0. The van der Waals surface area contributed by atoms with Gasteiger partial charge in [0.15, 0.2) is 0 Å². The highest BCUT2D eigenvalue weighted by Gasteiger charge is 2.62. The number of nitrogens with one attached hydrogen (secondary N) is 1. The highest BCUT2D eigenvalue weighted by atomic mass is 35.5. The van der Waals surface area contributed by atoms with E-state index >= 15 is 0 Å². The van der Waals surface area contributed by atoms with E-state index in [1.807, 2.05) is 0 Å². The number of aromatic nitrogens is 2. The number of fused-ring (bicyclic) bond motifs is 3. The van der Waals surface area contributed by atoms with Crippen LogP contribution >= 0.6 is 11.6 Å². The summed E-state index contributed by atoms with van der Waals surface area (Å²) < 4.78 is 54.9. The third kappa shape index (κ3) is 4.06. The summed E-state index contributed by atoms with van der Waals surface area (Å²) in [6, 6.07) is 11.0.